The Balaban J connectivity index is 2.42. The number of hydrogen-bond acceptors (Lipinski definition) is 2. The van der Waals surface area contributed by atoms with Crippen LogP contribution in [0.3, 0.4) is 0 Å². The first-order chi connectivity index (χ1) is 8.65. The maximum absolute atomic E-state index is 6.26. The predicted molar refractivity (Wildman–Crippen MR) is 75.0 cm³/mol. The fourth-order valence-electron chi connectivity index (χ4n) is 1.95. The van der Waals surface area contributed by atoms with Crippen molar-refractivity contribution in [1.29, 1.82) is 0 Å². The molecule has 0 aliphatic rings. The smallest absolute Gasteiger partial charge is 0.0837 e. The molecule has 2 aromatic rings. The van der Waals surface area contributed by atoms with Crippen LogP contribution in [0.25, 0.3) is 0 Å². The van der Waals surface area contributed by atoms with Gasteiger partial charge in [-0.3, -0.25) is 4.68 Å². The zero-order valence-electron chi connectivity index (χ0n) is 10.1. The Bertz CT molecular complexity index is 537. The topological polar surface area (TPSA) is 43.8 Å². The van der Waals surface area contributed by atoms with Crippen molar-refractivity contribution < 1.29 is 0 Å². The summed E-state index contributed by atoms with van der Waals surface area (Å²) in [4.78, 5) is 0. The van der Waals surface area contributed by atoms with Gasteiger partial charge in [0.2, 0.25) is 0 Å². The summed E-state index contributed by atoms with van der Waals surface area (Å²) in [5.41, 5.74) is 7.94. The molecular formula is C13H15Cl2N3. The SMILES string of the molecule is CCCn1ncc(Cl)c1C(N)c1ccccc1Cl. The number of nitrogens with two attached hydrogens (primary N) is 1. The van der Waals surface area contributed by atoms with Gasteiger partial charge in [0.05, 0.1) is 23.0 Å². The molecule has 96 valence electrons. The lowest BCUT2D eigenvalue weighted by Gasteiger charge is -2.16. The van der Waals surface area contributed by atoms with Gasteiger partial charge < -0.3 is 5.73 Å². The van der Waals surface area contributed by atoms with Gasteiger partial charge in [-0.25, -0.2) is 0 Å². The number of nitrogens with zero attached hydrogens (tertiary/aromatic N) is 2. The first-order valence-corrected chi connectivity index (χ1v) is 6.62. The lowest BCUT2D eigenvalue weighted by Crippen LogP contribution is -2.18. The quantitative estimate of drug-likeness (QED) is 0.931. The lowest BCUT2D eigenvalue weighted by molar-refractivity contribution is 0.560. The minimum atomic E-state index is -0.361. The Morgan fingerprint density at radius 2 is 2.00 bits per heavy atom. The van der Waals surface area contributed by atoms with Crippen LogP contribution in [-0.2, 0) is 6.54 Å². The van der Waals surface area contributed by atoms with E-state index in [-0.39, 0.29) is 6.04 Å². The van der Waals surface area contributed by atoms with E-state index in [1.807, 2.05) is 28.9 Å². The monoisotopic (exact) mass is 283 g/mol. The average Bonchev–Trinajstić information content (AvgIpc) is 2.71. The maximum Gasteiger partial charge on any atom is 0.0837 e. The molecule has 0 bridgehead atoms. The molecule has 0 aliphatic heterocycles. The summed E-state index contributed by atoms with van der Waals surface area (Å²) in [6.07, 6.45) is 2.60. The maximum atomic E-state index is 6.26. The first kappa shape index (κ1) is 13.4. The zero-order chi connectivity index (χ0) is 13.1. The van der Waals surface area contributed by atoms with Gasteiger partial charge in [-0.2, -0.15) is 5.10 Å². The van der Waals surface area contributed by atoms with Crippen molar-refractivity contribution >= 4 is 23.2 Å². The Morgan fingerprint density at radius 1 is 1.28 bits per heavy atom. The molecule has 0 saturated heterocycles. The molecule has 2 rings (SSSR count). The Morgan fingerprint density at radius 3 is 2.67 bits per heavy atom. The van der Waals surface area contributed by atoms with Gasteiger partial charge in [0, 0.05) is 11.6 Å². The van der Waals surface area contributed by atoms with E-state index in [4.69, 9.17) is 28.9 Å². The van der Waals surface area contributed by atoms with Crippen molar-refractivity contribution in [3.63, 3.8) is 0 Å². The predicted octanol–water partition coefficient (Wildman–Crippen LogP) is 3.65. The van der Waals surface area contributed by atoms with Crippen LogP contribution >= 0.6 is 23.2 Å². The summed E-state index contributed by atoms with van der Waals surface area (Å²) in [7, 11) is 0. The molecule has 1 heterocycles. The fourth-order valence-corrected chi connectivity index (χ4v) is 2.46. The molecular weight excluding hydrogens is 269 g/mol. The number of hydrogen-bond donors (Lipinski definition) is 1. The molecule has 2 N–H and O–H groups in total. The van der Waals surface area contributed by atoms with Crippen molar-refractivity contribution in [3.8, 4) is 0 Å². The highest BCUT2D eigenvalue weighted by Gasteiger charge is 2.20. The number of rotatable bonds is 4. The van der Waals surface area contributed by atoms with Crippen LogP contribution < -0.4 is 5.73 Å². The van der Waals surface area contributed by atoms with E-state index in [0.717, 1.165) is 24.2 Å². The molecule has 5 heteroatoms. The van der Waals surface area contributed by atoms with Gasteiger partial charge in [0.15, 0.2) is 0 Å². The number of aryl methyl sites for hydroxylation is 1. The van der Waals surface area contributed by atoms with E-state index in [9.17, 15) is 0 Å². The van der Waals surface area contributed by atoms with Crippen LogP contribution in [0.5, 0.6) is 0 Å². The minimum Gasteiger partial charge on any atom is -0.319 e. The average molecular weight is 284 g/mol. The van der Waals surface area contributed by atoms with E-state index < -0.39 is 0 Å². The largest absolute Gasteiger partial charge is 0.319 e. The van der Waals surface area contributed by atoms with Crippen molar-refractivity contribution in [2.24, 2.45) is 5.73 Å². The number of aromatic nitrogens is 2. The molecule has 18 heavy (non-hydrogen) atoms. The van der Waals surface area contributed by atoms with Crippen LogP contribution in [0.15, 0.2) is 30.5 Å². The second-order valence-electron chi connectivity index (χ2n) is 4.10. The molecule has 3 nitrogen and oxygen atoms in total. The van der Waals surface area contributed by atoms with Crippen LogP contribution in [0, 0.1) is 0 Å². The van der Waals surface area contributed by atoms with Crippen molar-refractivity contribution in [1.82, 2.24) is 9.78 Å². The van der Waals surface area contributed by atoms with E-state index >= 15 is 0 Å². The number of halogens is 2. The highest BCUT2D eigenvalue weighted by Crippen LogP contribution is 2.30. The Hall–Kier alpha value is -1.03. The van der Waals surface area contributed by atoms with Crippen molar-refractivity contribution in [2.75, 3.05) is 0 Å². The molecule has 0 fully saturated rings. The molecule has 1 unspecified atom stereocenters. The molecule has 0 amide bonds. The summed E-state index contributed by atoms with van der Waals surface area (Å²) < 4.78 is 1.84. The van der Waals surface area contributed by atoms with Crippen LogP contribution in [0.2, 0.25) is 10.0 Å². The molecule has 0 saturated carbocycles. The van der Waals surface area contributed by atoms with Gasteiger partial charge in [-0.1, -0.05) is 48.3 Å². The van der Waals surface area contributed by atoms with E-state index in [2.05, 4.69) is 12.0 Å². The fraction of sp³-hybridized carbons (Fsp3) is 0.308. The van der Waals surface area contributed by atoms with Crippen LogP contribution in [0.1, 0.15) is 30.6 Å². The normalized spacial score (nSPS) is 12.7. The summed E-state index contributed by atoms with van der Waals surface area (Å²) in [5, 5.41) is 5.47. The molecule has 1 atom stereocenters. The number of benzene rings is 1. The van der Waals surface area contributed by atoms with Gasteiger partial charge in [0.25, 0.3) is 0 Å². The van der Waals surface area contributed by atoms with Crippen LogP contribution in [-0.4, -0.2) is 9.78 Å². The van der Waals surface area contributed by atoms with Gasteiger partial charge >= 0.3 is 0 Å². The third-order valence-corrected chi connectivity index (χ3v) is 3.44. The molecule has 1 aromatic carbocycles. The molecule has 0 radical (unpaired) electrons. The van der Waals surface area contributed by atoms with E-state index in [0.29, 0.717) is 10.0 Å². The Kier molecular flexibility index (Phi) is 4.27. The third kappa shape index (κ3) is 2.53. The van der Waals surface area contributed by atoms with Gasteiger partial charge in [0.1, 0.15) is 0 Å². The molecule has 1 aromatic heterocycles. The van der Waals surface area contributed by atoms with Gasteiger partial charge in [-0.05, 0) is 18.1 Å². The zero-order valence-corrected chi connectivity index (χ0v) is 11.6. The summed E-state index contributed by atoms with van der Waals surface area (Å²) in [6, 6.07) is 7.16. The van der Waals surface area contributed by atoms with Gasteiger partial charge in [-0.15, -0.1) is 0 Å². The van der Waals surface area contributed by atoms with E-state index in [1.54, 1.807) is 6.20 Å². The van der Waals surface area contributed by atoms with Crippen LogP contribution in [0.4, 0.5) is 0 Å². The summed E-state index contributed by atoms with van der Waals surface area (Å²) >= 11 is 12.3. The summed E-state index contributed by atoms with van der Waals surface area (Å²) in [6.45, 7) is 2.88. The standard InChI is InChI=1S/C13H15Cl2N3/c1-2-7-18-13(11(15)8-17-18)12(16)9-5-3-4-6-10(9)14/h3-6,8,12H,2,7,16H2,1H3. The summed E-state index contributed by atoms with van der Waals surface area (Å²) in [5.74, 6) is 0. The minimum absolute atomic E-state index is 0.361. The second kappa shape index (κ2) is 5.74. The first-order valence-electron chi connectivity index (χ1n) is 5.86. The molecule has 0 aliphatic carbocycles. The van der Waals surface area contributed by atoms with Crippen molar-refractivity contribution in [3.05, 3.63) is 51.8 Å². The Labute approximate surface area is 117 Å². The highest BCUT2D eigenvalue weighted by atomic mass is 35.5. The third-order valence-electron chi connectivity index (χ3n) is 2.80. The highest BCUT2D eigenvalue weighted by molar-refractivity contribution is 6.32. The van der Waals surface area contributed by atoms with Crippen molar-refractivity contribution in [2.45, 2.75) is 25.9 Å². The lowest BCUT2D eigenvalue weighted by atomic mass is 10.0. The van der Waals surface area contributed by atoms with E-state index in [1.165, 1.54) is 0 Å². The second-order valence-corrected chi connectivity index (χ2v) is 4.91. The molecule has 0 spiro atoms.